The molecule has 1 amide bonds. The number of piperidine rings is 1. The van der Waals surface area contributed by atoms with Gasteiger partial charge >= 0.3 is 12.1 Å². The summed E-state index contributed by atoms with van der Waals surface area (Å²) in [5.41, 5.74) is -1.22. The van der Waals surface area contributed by atoms with Crippen molar-refractivity contribution in [3.8, 4) is 0 Å². The van der Waals surface area contributed by atoms with Gasteiger partial charge in [0.2, 0.25) is 0 Å². The van der Waals surface area contributed by atoms with Crippen molar-refractivity contribution < 1.29 is 19.4 Å². The number of rotatable bonds is 1. The van der Waals surface area contributed by atoms with Crippen LogP contribution in [0.15, 0.2) is 0 Å². The van der Waals surface area contributed by atoms with Gasteiger partial charge in [0, 0.05) is 6.54 Å². The molecule has 0 radical (unpaired) electrons. The highest BCUT2D eigenvalue weighted by Gasteiger charge is 2.65. The number of aliphatic carboxylic acids is 1. The fourth-order valence-electron chi connectivity index (χ4n) is 2.56. The number of likely N-dealkylation sites (tertiary alicyclic amines) is 1. The van der Waals surface area contributed by atoms with E-state index in [1.807, 2.05) is 20.8 Å². The van der Waals surface area contributed by atoms with Gasteiger partial charge in [0.1, 0.15) is 5.60 Å². The lowest BCUT2D eigenvalue weighted by molar-refractivity contribution is -0.145. The number of fused-ring (bicyclic) bond motifs is 1. The normalized spacial score (nSPS) is 31.7. The quantitative estimate of drug-likeness (QED) is 0.761. The molecule has 1 aliphatic heterocycles. The lowest BCUT2D eigenvalue weighted by Crippen LogP contribution is -2.44. The number of amides is 1. The first-order chi connectivity index (χ1) is 7.76. The number of carbonyl (C=O) groups excluding carboxylic acids is 1. The average molecular weight is 241 g/mol. The van der Waals surface area contributed by atoms with Crippen LogP contribution in [-0.4, -0.2) is 40.3 Å². The molecule has 2 atom stereocenters. The third kappa shape index (κ3) is 2.10. The minimum atomic E-state index is -0.782. The van der Waals surface area contributed by atoms with Gasteiger partial charge in [-0.3, -0.25) is 4.79 Å². The summed E-state index contributed by atoms with van der Waals surface area (Å²) in [5, 5.41) is 9.19. The molecule has 2 fully saturated rings. The van der Waals surface area contributed by atoms with E-state index in [0.29, 0.717) is 19.4 Å². The number of hydrogen-bond donors (Lipinski definition) is 1. The summed E-state index contributed by atoms with van der Waals surface area (Å²) in [5.74, 6) is -0.782. The van der Waals surface area contributed by atoms with Crippen LogP contribution in [0.2, 0.25) is 0 Å². The van der Waals surface area contributed by atoms with Crippen molar-refractivity contribution in [2.45, 2.75) is 51.7 Å². The van der Waals surface area contributed by atoms with Crippen molar-refractivity contribution in [1.29, 1.82) is 0 Å². The summed E-state index contributed by atoms with van der Waals surface area (Å²) in [7, 11) is 0. The van der Waals surface area contributed by atoms with E-state index < -0.39 is 17.0 Å². The Labute approximate surface area is 101 Å². The van der Waals surface area contributed by atoms with Gasteiger partial charge in [0.25, 0.3) is 0 Å². The SMILES string of the molecule is CC(C)(C)OC(=O)N1CCCC2(C(=O)O)CC12. The monoisotopic (exact) mass is 241 g/mol. The number of hydrogen-bond acceptors (Lipinski definition) is 3. The van der Waals surface area contributed by atoms with E-state index in [-0.39, 0.29) is 12.1 Å². The third-order valence-corrected chi connectivity index (χ3v) is 3.49. The first kappa shape index (κ1) is 12.2. The molecule has 1 aliphatic carbocycles. The second kappa shape index (κ2) is 3.62. The van der Waals surface area contributed by atoms with Crippen LogP contribution in [-0.2, 0) is 9.53 Å². The molecule has 17 heavy (non-hydrogen) atoms. The molecule has 0 aromatic heterocycles. The molecule has 2 unspecified atom stereocenters. The van der Waals surface area contributed by atoms with E-state index in [2.05, 4.69) is 0 Å². The molecule has 2 aliphatic rings. The van der Waals surface area contributed by atoms with E-state index in [1.165, 1.54) is 0 Å². The molecule has 2 rings (SSSR count). The third-order valence-electron chi connectivity index (χ3n) is 3.49. The summed E-state index contributed by atoms with van der Waals surface area (Å²) >= 11 is 0. The Hall–Kier alpha value is -1.26. The molecule has 1 saturated carbocycles. The van der Waals surface area contributed by atoms with Crippen molar-refractivity contribution in [2.24, 2.45) is 5.41 Å². The number of carboxylic acid groups (broad SMARTS) is 1. The van der Waals surface area contributed by atoms with Gasteiger partial charge < -0.3 is 14.7 Å². The number of ether oxygens (including phenoxy) is 1. The van der Waals surface area contributed by atoms with Crippen LogP contribution in [0.3, 0.4) is 0 Å². The predicted octanol–water partition coefficient (Wildman–Crippen LogP) is 1.86. The van der Waals surface area contributed by atoms with Gasteiger partial charge in [-0.25, -0.2) is 4.79 Å². The van der Waals surface area contributed by atoms with E-state index in [0.717, 1.165) is 6.42 Å². The lowest BCUT2D eigenvalue weighted by atomic mass is 9.96. The molecule has 96 valence electrons. The Morgan fingerprint density at radius 1 is 1.41 bits per heavy atom. The van der Waals surface area contributed by atoms with Crippen LogP contribution in [0.25, 0.3) is 0 Å². The van der Waals surface area contributed by atoms with E-state index in [9.17, 15) is 14.7 Å². The van der Waals surface area contributed by atoms with Gasteiger partial charge in [-0.2, -0.15) is 0 Å². The summed E-state index contributed by atoms with van der Waals surface area (Å²) in [4.78, 5) is 24.7. The zero-order valence-electron chi connectivity index (χ0n) is 10.5. The van der Waals surface area contributed by atoms with Crippen molar-refractivity contribution in [1.82, 2.24) is 4.90 Å². The molecule has 1 heterocycles. The number of carboxylic acids is 1. The van der Waals surface area contributed by atoms with Crippen LogP contribution >= 0.6 is 0 Å². The minimum Gasteiger partial charge on any atom is -0.481 e. The Morgan fingerprint density at radius 2 is 2.06 bits per heavy atom. The fourth-order valence-corrected chi connectivity index (χ4v) is 2.56. The van der Waals surface area contributed by atoms with E-state index >= 15 is 0 Å². The standard InChI is InChI=1S/C12H19NO4/c1-11(2,3)17-10(16)13-6-4-5-12(9(14)15)7-8(12)13/h8H,4-7H2,1-3H3,(H,14,15). The van der Waals surface area contributed by atoms with Crippen molar-refractivity contribution in [2.75, 3.05) is 6.54 Å². The molecule has 5 heteroatoms. The van der Waals surface area contributed by atoms with Crippen LogP contribution in [0.4, 0.5) is 4.79 Å². The zero-order chi connectivity index (χ0) is 12.8. The maximum Gasteiger partial charge on any atom is 0.410 e. The summed E-state index contributed by atoms with van der Waals surface area (Å²) < 4.78 is 5.29. The van der Waals surface area contributed by atoms with Gasteiger partial charge in [0.05, 0.1) is 11.5 Å². The van der Waals surface area contributed by atoms with Crippen LogP contribution in [0.5, 0.6) is 0 Å². The van der Waals surface area contributed by atoms with Crippen molar-refractivity contribution in [3.05, 3.63) is 0 Å². The van der Waals surface area contributed by atoms with Crippen molar-refractivity contribution in [3.63, 3.8) is 0 Å². The van der Waals surface area contributed by atoms with Gasteiger partial charge in [-0.05, 0) is 40.0 Å². The maximum atomic E-state index is 11.9. The van der Waals surface area contributed by atoms with Crippen LogP contribution < -0.4 is 0 Å². The highest BCUT2D eigenvalue weighted by molar-refractivity contribution is 5.82. The average Bonchev–Trinajstić information content (AvgIpc) is 2.89. The lowest BCUT2D eigenvalue weighted by Gasteiger charge is -2.32. The van der Waals surface area contributed by atoms with Crippen LogP contribution in [0, 0.1) is 5.41 Å². The van der Waals surface area contributed by atoms with Gasteiger partial charge in [-0.15, -0.1) is 0 Å². The fraction of sp³-hybridized carbons (Fsp3) is 0.833. The largest absolute Gasteiger partial charge is 0.481 e. The van der Waals surface area contributed by atoms with Gasteiger partial charge in [0.15, 0.2) is 0 Å². The highest BCUT2D eigenvalue weighted by Crippen LogP contribution is 2.56. The molecule has 1 N–H and O–H groups in total. The second-order valence-corrected chi connectivity index (χ2v) is 5.96. The predicted molar refractivity (Wildman–Crippen MR) is 60.6 cm³/mol. The first-order valence-corrected chi connectivity index (χ1v) is 5.99. The smallest absolute Gasteiger partial charge is 0.410 e. The highest BCUT2D eigenvalue weighted by atomic mass is 16.6. The Bertz CT molecular complexity index is 360. The Balaban J connectivity index is 2.04. The molecule has 1 saturated heterocycles. The van der Waals surface area contributed by atoms with E-state index in [4.69, 9.17) is 4.74 Å². The topological polar surface area (TPSA) is 66.8 Å². The minimum absolute atomic E-state index is 0.163. The summed E-state index contributed by atoms with van der Waals surface area (Å²) in [6.45, 7) is 6.04. The molecule has 0 bridgehead atoms. The Morgan fingerprint density at radius 3 is 2.59 bits per heavy atom. The molecular formula is C12H19NO4. The molecule has 0 spiro atoms. The number of nitrogens with zero attached hydrogens (tertiary/aromatic N) is 1. The molecule has 0 aromatic carbocycles. The maximum absolute atomic E-state index is 11.9. The van der Waals surface area contributed by atoms with Crippen molar-refractivity contribution >= 4 is 12.1 Å². The van der Waals surface area contributed by atoms with Gasteiger partial charge in [-0.1, -0.05) is 0 Å². The summed E-state index contributed by atoms with van der Waals surface area (Å²) in [6, 6.07) is -0.163. The van der Waals surface area contributed by atoms with Crippen LogP contribution in [0.1, 0.15) is 40.0 Å². The Kier molecular flexibility index (Phi) is 2.60. The number of carbonyl (C=O) groups is 2. The van der Waals surface area contributed by atoms with E-state index in [1.54, 1.807) is 4.90 Å². The first-order valence-electron chi connectivity index (χ1n) is 5.99. The summed E-state index contributed by atoms with van der Waals surface area (Å²) in [6.07, 6.45) is 1.60. The second-order valence-electron chi connectivity index (χ2n) is 5.96. The molecule has 5 nitrogen and oxygen atoms in total. The zero-order valence-corrected chi connectivity index (χ0v) is 10.5. The molecular weight excluding hydrogens is 222 g/mol. The molecule has 0 aromatic rings.